The van der Waals surface area contributed by atoms with Gasteiger partial charge in [0.1, 0.15) is 11.5 Å². The molecule has 0 unspecified atom stereocenters. The lowest BCUT2D eigenvalue weighted by molar-refractivity contribution is 0.394. The molecule has 4 aromatic rings. The Morgan fingerprint density at radius 3 is 2.25 bits per heavy atom. The Labute approximate surface area is 191 Å². The Bertz CT molecular complexity index is 1250. The highest BCUT2D eigenvalue weighted by Crippen LogP contribution is 2.34. The van der Waals surface area contributed by atoms with Crippen molar-refractivity contribution in [2.45, 2.75) is 17.8 Å². The van der Waals surface area contributed by atoms with Crippen molar-refractivity contribution in [2.75, 3.05) is 14.2 Å². The molecule has 0 amide bonds. The van der Waals surface area contributed by atoms with Crippen molar-refractivity contribution in [1.29, 1.82) is 5.26 Å². The first-order chi connectivity index (χ1) is 15.6. The minimum absolute atomic E-state index is 0.649. The van der Waals surface area contributed by atoms with Gasteiger partial charge in [0.25, 0.3) is 0 Å². The molecule has 0 aliphatic heterocycles. The van der Waals surface area contributed by atoms with Crippen LogP contribution in [0.25, 0.3) is 17.1 Å². The number of hydrogen-bond donors (Lipinski definition) is 0. The number of aryl methyl sites for hydroxylation is 1. The van der Waals surface area contributed by atoms with Crippen LogP contribution in [-0.4, -0.2) is 29.0 Å². The number of nitriles is 1. The maximum absolute atomic E-state index is 9.02. The molecule has 32 heavy (non-hydrogen) atoms. The number of ether oxygens (including phenoxy) is 2. The predicted molar refractivity (Wildman–Crippen MR) is 125 cm³/mol. The second kappa shape index (κ2) is 9.58. The van der Waals surface area contributed by atoms with Gasteiger partial charge in [-0.05, 0) is 48.4 Å². The van der Waals surface area contributed by atoms with Gasteiger partial charge >= 0.3 is 0 Å². The quantitative estimate of drug-likeness (QED) is 0.356. The number of para-hydroxylation sites is 1. The van der Waals surface area contributed by atoms with E-state index in [9.17, 15) is 0 Å². The van der Waals surface area contributed by atoms with Gasteiger partial charge in [-0.15, -0.1) is 10.2 Å². The number of rotatable bonds is 7. The summed E-state index contributed by atoms with van der Waals surface area (Å²) < 4.78 is 13.0. The van der Waals surface area contributed by atoms with Crippen molar-refractivity contribution in [3.63, 3.8) is 0 Å². The van der Waals surface area contributed by atoms with Crippen molar-refractivity contribution < 1.29 is 9.47 Å². The second-order valence-electron chi connectivity index (χ2n) is 7.13. The summed E-state index contributed by atoms with van der Waals surface area (Å²) in [5.41, 5.74) is 4.73. The van der Waals surface area contributed by atoms with E-state index in [1.54, 1.807) is 26.0 Å². The first-order valence-corrected chi connectivity index (χ1v) is 11.0. The third-order valence-electron chi connectivity index (χ3n) is 5.05. The molecule has 0 atom stereocenters. The maximum Gasteiger partial charge on any atom is 0.196 e. The molecule has 160 valence electrons. The van der Waals surface area contributed by atoms with E-state index in [2.05, 4.69) is 39.9 Å². The summed E-state index contributed by atoms with van der Waals surface area (Å²) in [6.45, 7) is 2.07. The SMILES string of the molecule is COc1cc(OC)cc(-c2nnc(SCc3ccc(C#N)cc3)n2-c2ccccc2C)c1. The third kappa shape index (κ3) is 4.46. The molecule has 0 aliphatic rings. The molecular formula is C25H22N4O2S. The van der Waals surface area contributed by atoms with Crippen LogP contribution in [0, 0.1) is 18.3 Å². The van der Waals surface area contributed by atoms with E-state index in [0.29, 0.717) is 28.6 Å². The van der Waals surface area contributed by atoms with Crippen molar-refractivity contribution >= 4 is 11.8 Å². The summed E-state index contributed by atoms with van der Waals surface area (Å²) >= 11 is 1.60. The summed E-state index contributed by atoms with van der Waals surface area (Å²) in [5, 5.41) is 18.8. The first kappa shape index (κ1) is 21.5. The minimum atomic E-state index is 0.649. The molecule has 6 nitrogen and oxygen atoms in total. The van der Waals surface area contributed by atoms with Crippen LogP contribution < -0.4 is 9.47 Å². The van der Waals surface area contributed by atoms with Crippen molar-refractivity contribution in [3.8, 4) is 34.6 Å². The Kier molecular flexibility index (Phi) is 6.43. The monoisotopic (exact) mass is 442 g/mol. The van der Waals surface area contributed by atoms with E-state index in [1.165, 1.54) is 0 Å². The van der Waals surface area contributed by atoms with Crippen LogP contribution in [0.15, 0.2) is 71.9 Å². The molecule has 0 radical (unpaired) electrons. The van der Waals surface area contributed by atoms with Crippen LogP contribution in [0.4, 0.5) is 0 Å². The van der Waals surface area contributed by atoms with Gasteiger partial charge in [0, 0.05) is 17.4 Å². The molecule has 4 rings (SSSR count). The topological polar surface area (TPSA) is 73.0 Å². The average Bonchev–Trinajstić information content (AvgIpc) is 3.26. The van der Waals surface area contributed by atoms with E-state index in [-0.39, 0.29) is 0 Å². The van der Waals surface area contributed by atoms with Crippen LogP contribution in [0.5, 0.6) is 11.5 Å². The van der Waals surface area contributed by atoms with Crippen LogP contribution in [0.2, 0.25) is 0 Å². The van der Waals surface area contributed by atoms with Gasteiger partial charge in [-0.1, -0.05) is 42.1 Å². The molecular weight excluding hydrogens is 420 g/mol. The zero-order valence-corrected chi connectivity index (χ0v) is 18.9. The highest BCUT2D eigenvalue weighted by atomic mass is 32.2. The number of hydrogen-bond acceptors (Lipinski definition) is 6. The molecule has 0 bridgehead atoms. The zero-order valence-electron chi connectivity index (χ0n) is 18.1. The molecule has 0 aliphatic carbocycles. The van der Waals surface area contributed by atoms with Crippen LogP contribution in [0.3, 0.4) is 0 Å². The molecule has 7 heteroatoms. The largest absolute Gasteiger partial charge is 0.497 e. The van der Waals surface area contributed by atoms with Crippen molar-refractivity contribution in [3.05, 3.63) is 83.4 Å². The Morgan fingerprint density at radius 1 is 0.938 bits per heavy atom. The van der Waals surface area contributed by atoms with Gasteiger partial charge in [0.15, 0.2) is 11.0 Å². The van der Waals surface area contributed by atoms with E-state index in [1.807, 2.05) is 54.6 Å². The van der Waals surface area contributed by atoms with Crippen LogP contribution >= 0.6 is 11.8 Å². The number of nitrogens with zero attached hydrogens (tertiary/aromatic N) is 4. The highest BCUT2D eigenvalue weighted by Gasteiger charge is 2.19. The third-order valence-corrected chi connectivity index (χ3v) is 6.05. The summed E-state index contributed by atoms with van der Waals surface area (Å²) in [4.78, 5) is 0. The number of methoxy groups -OCH3 is 2. The van der Waals surface area contributed by atoms with Crippen molar-refractivity contribution in [1.82, 2.24) is 14.8 Å². The summed E-state index contributed by atoms with van der Waals surface area (Å²) in [7, 11) is 3.26. The van der Waals surface area contributed by atoms with E-state index >= 15 is 0 Å². The van der Waals surface area contributed by atoms with E-state index in [4.69, 9.17) is 14.7 Å². The zero-order chi connectivity index (χ0) is 22.5. The molecule has 1 aromatic heterocycles. The molecule has 0 saturated heterocycles. The Morgan fingerprint density at radius 2 is 1.62 bits per heavy atom. The Balaban J connectivity index is 1.77. The van der Waals surface area contributed by atoms with Gasteiger partial charge < -0.3 is 9.47 Å². The van der Waals surface area contributed by atoms with E-state index in [0.717, 1.165) is 27.5 Å². The molecule has 0 N–H and O–H groups in total. The molecule has 1 heterocycles. The fourth-order valence-corrected chi connectivity index (χ4v) is 4.24. The fraction of sp³-hybridized carbons (Fsp3) is 0.160. The van der Waals surface area contributed by atoms with Crippen LogP contribution in [0.1, 0.15) is 16.7 Å². The number of benzene rings is 3. The lowest BCUT2D eigenvalue weighted by Gasteiger charge is -2.14. The summed E-state index contributed by atoms with van der Waals surface area (Å²) in [5.74, 6) is 2.78. The van der Waals surface area contributed by atoms with Gasteiger partial charge in [0.2, 0.25) is 0 Å². The average molecular weight is 443 g/mol. The molecule has 0 spiro atoms. The predicted octanol–water partition coefficient (Wildman–Crippen LogP) is 5.42. The lowest BCUT2D eigenvalue weighted by atomic mass is 10.1. The van der Waals surface area contributed by atoms with Crippen molar-refractivity contribution in [2.24, 2.45) is 0 Å². The first-order valence-electron chi connectivity index (χ1n) is 9.99. The Hall–Kier alpha value is -3.76. The van der Waals surface area contributed by atoms with Gasteiger partial charge in [-0.2, -0.15) is 5.26 Å². The normalized spacial score (nSPS) is 10.6. The van der Waals surface area contributed by atoms with Gasteiger partial charge in [-0.25, -0.2) is 0 Å². The van der Waals surface area contributed by atoms with Gasteiger partial charge in [-0.3, -0.25) is 4.57 Å². The van der Waals surface area contributed by atoms with E-state index < -0.39 is 0 Å². The molecule has 3 aromatic carbocycles. The smallest absolute Gasteiger partial charge is 0.196 e. The lowest BCUT2D eigenvalue weighted by Crippen LogP contribution is -2.02. The number of aromatic nitrogens is 3. The second-order valence-corrected chi connectivity index (χ2v) is 8.07. The minimum Gasteiger partial charge on any atom is -0.497 e. The fourth-order valence-electron chi connectivity index (χ4n) is 3.34. The van der Waals surface area contributed by atoms with Gasteiger partial charge in [0.05, 0.1) is 31.5 Å². The highest BCUT2D eigenvalue weighted by molar-refractivity contribution is 7.98. The molecule has 0 saturated carbocycles. The summed E-state index contributed by atoms with van der Waals surface area (Å²) in [6, 6.07) is 23.6. The van der Waals surface area contributed by atoms with Crippen LogP contribution in [-0.2, 0) is 5.75 Å². The standard InChI is InChI=1S/C25H22N4O2S/c1-17-6-4-5-7-23(17)29-24(20-12-21(30-2)14-22(13-20)31-3)27-28-25(29)32-16-19-10-8-18(15-26)9-11-19/h4-14H,16H2,1-3H3. The maximum atomic E-state index is 9.02. The number of thioether (sulfide) groups is 1. The molecule has 0 fully saturated rings. The summed E-state index contributed by atoms with van der Waals surface area (Å²) in [6.07, 6.45) is 0.